The van der Waals surface area contributed by atoms with Crippen LogP contribution in [0, 0.1) is 0 Å². The monoisotopic (exact) mass is 647 g/mol. The van der Waals surface area contributed by atoms with Crippen LogP contribution >= 0.6 is 0 Å². The number of benzene rings is 8. The van der Waals surface area contributed by atoms with E-state index in [1.807, 2.05) is 6.07 Å². The van der Waals surface area contributed by atoms with Crippen molar-refractivity contribution in [3.05, 3.63) is 176 Å². The van der Waals surface area contributed by atoms with Crippen LogP contribution < -0.4 is 0 Å². The van der Waals surface area contributed by atoms with E-state index in [0.717, 1.165) is 44.8 Å². The molecular weight excluding hydrogens is 619 g/mol. The van der Waals surface area contributed by atoms with Gasteiger partial charge >= 0.3 is 0 Å². The predicted octanol–water partition coefficient (Wildman–Crippen LogP) is 12.5. The fourth-order valence-electron chi connectivity index (χ4n) is 8.35. The highest BCUT2D eigenvalue weighted by Gasteiger charge is 2.25. The van der Waals surface area contributed by atoms with E-state index in [1.54, 1.807) is 0 Å². The van der Waals surface area contributed by atoms with Crippen LogP contribution in [0.1, 0.15) is 0 Å². The third-order valence-corrected chi connectivity index (χ3v) is 10.5. The number of fused-ring (bicyclic) bond motifs is 10. The Hall–Kier alpha value is -6.84. The Bertz CT molecular complexity index is 3010. The van der Waals surface area contributed by atoms with Gasteiger partial charge < -0.3 is 4.57 Å². The van der Waals surface area contributed by atoms with E-state index in [-0.39, 0.29) is 0 Å². The van der Waals surface area contributed by atoms with Crippen LogP contribution in [0.25, 0.3) is 105 Å². The van der Waals surface area contributed by atoms with Crippen molar-refractivity contribution in [1.82, 2.24) is 14.5 Å². The lowest BCUT2D eigenvalue weighted by Crippen LogP contribution is -1.96. The van der Waals surface area contributed by atoms with E-state index in [2.05, 4.69) is 174 Å². The molecule has 11 rings (SSSR count). The van der Waals surface area contributed by atoms with Gasteiger partial charge in [-0.3, -0.25) is 0 Å². The quantitative estimate of drug-likeness (QED) is 0.191. The van der Waals surface area contributed by atoms with Gasteiger partial charge in [-0.1, -0.05) is 133 Å². The molecule has 1 aliphatic carbocycles. The summed E-state index contributed by atoms with van der Waals surface area (Å²) < 4.78 is 2.42. The van der Waals surface area contributed by atoms with Crippen molar-refractivity contribution in [2.75, 3.05) is 0 Å². The SMILES string of the molecule is c1ccc(-c2nc(-c3ccc4c(c3)c3c5cccc6c5c(cc3n4-c3ccccc3)-c3ccccc3-c3ccccc3-6)nc3ccccc23)cc1. The average Bonchev–Trinajstić information content (AvgIpc) is 3.48. The average molecular weight is 648 g/mol. The molecule has 2 heterocycles. The third kappa shape index (κ3) is 4.12. The van der Waals surface area contributed by atoms with E-state index >= 15 is 0 Å². The van der Waals surface area contributed by atoms with Crippen LogP contribution in [0.5, 0.6) is 0 Å². The summed E-state index contributed by atoms with van der Waals surface area (Å²) >= 11 is 0. The summed E-state index contributed by atoms with van der Waals surface area (Å²) in [5, 5.41) is 5.99. The van der Waals surface area contributed by atoms with Gasteiger partial charge in [0.25, 0.3) is 0 Å². The van der Waals surface area contributed by atoms with Crippen LogP contribution in [0.2, 0.25) is 0 Å². The van der Waals surface area contributed by atoms with Crippen LogP contribution in [-0.2, 0) is 0 Å². The molecule has 51 heavy (non-hydrogen) atoms. The normalized spacial score (nSPS) is 11.9. The van der Waals surface area contributed by atoms with E-state index in [0.29, 0.717) is 0 Å². The number of para-hydroxylation sites is 2. The Morgan fingerprint density at radius 2 is 0.961 bits per heavy atom. The number of hydrogen-bond donors (Lipinski definition) is 0. The topological polar surface area (TPSA) is 30.7 Å². The van der Waals surface area contributed by atoms with Crippen LogP contribution in [0.15, 0.2) is 176 Å². The molecule has 0 bridgehead atoms. The molecule has 0 spiro atoms. The first-order valence-electron chi connectivity index (χ1n) is 17.4. The highest BCUT2D eigenvalue weighted by atomic mass is 15.0. The van der Waals surface area contributed by atoms with E-state index in [9.17, 15) is 0 Å². The predicted molar refractivity (Wildman–Crippen MR) is 212 cm³/mol. The largest absolute Gasteiger partial charge is 0.309 e. The molecule has 0 N–H and O–H groups in total. The van der Waals surface area contributed by atoms with Gasteiger partial charge in [-0.2, -0.15) is 0 Å². The lowest BCUT2D eigenvalue weighted by atomic mass is 9.91. The molecule has 0 saturated heterocycles. The zero-order valence-corrected chi connectivity index (χ0v) is 27.6. The summed E-state index contributed by atoms with van der Waals surface area (Å²) in [6.07, 6.45) is 0. The molecule has 0 amide bonds. The van der Waals surface area contributed by atoms with Crippen LogP contribution in [-0.4, -0.2) is 14.5 Å². The Balaban J connectivity index is 1.27. The summed E-state index contributed by atoms with van der Waals surface area (Å²) in [7, 11) is 0. The fraction of sp³-hybridized carbons (Fsp3) is 0. The Morgan fingerprint density at radius 1 is 0.353 bits per heavy atom. The minimum absolute atomic E-state index is 0.720. The van der Waals surface area contributed by atoms with Gasteiger partial charge in [0.15, 0.2) is 5.82 Å². The number of hydrogen-bond acceptors (Lipinski definition) is 2. The summed E-state index contributed by atoms with van der Waals surface area (Å²) in [6.45, 7) is 0. The fourth-order valence-corrected chi connectivity index (χ4v) is 8.35. The second-order valence-electron chi connectivity index (χ2n) is 13.3. The van der Waals surface area contributed by atoms with Gasteiger partial charge in [0, 0.05) is 33.0 Å². The molecule has 8 aromatic carbocycles. The molecule has 236 valence electrons. The van der Waals surface area contributed by atoms with Gasteiger partial charge in [-0.25, -0.2) is 9.97 Å². The van der Waals surface area contributed by atoms with Gasteiger partial charge in [0.1, 0.15) is 0 Å². The standard InChI is InChI=1S/C48H29N3/c1-3-14-30(15-4-1)47-38-22-11-12-25-42(38)49-48(50-47)31-26-27-43-41(28-31)46-39-24-13-23-37-35-20-9-7-18-33(35)34-19-8-10-21-36(34)40(45(37)39)29-44(46)51(43)32-16-5-2-6-17-32/h1-29H. The zero-order chi connectivity index (χ0) is 33.5. The number of rotatable bonds is 3. The summed E-state index contributed by atoms with van der Waals surface area (Å²) in [5.41, 5.74) is 15.0. The van der Waals surface area contributed by atoms with Crippen molar-refractivity contribution in [2.45, 2.75) is 0 Å². The maximum absolute atomic E-state index is 5.25. The molecule has 10 aromatic rings. The smallest absolute Gasteiger partial charge is 0.160 e. The van der Waals surface area contributed by atoms with E-state index in [4.69, 9.17) is 9.97 Å². The first-order chi connectivity index (χ1) is 25.3. The molecule has 0 saturated carbocycles. The van der Waals surface area contributed by atoms with Crippen LogP contribution in [0.4, 0.5) is 0 Å². The van der Waals surface area contributed by atoms with E-state index < -0.39 is 0 Å². The molecule has 3 heteroatoms. The van der Waals surface area contributed by atoms with Gasteiger partial charge in [0.05, 0.1) is 22.2 Å². The Morgan fingerprint density at radius 3 is 1.73 bits per heavy atom. The lowest BCUT2D eigenvalue weighted by molar-refractivity contribution is 1.18. The molecule has 0 aliphatic heterocycles. The van der Waals surface area contributed by atoms with Crippen LogP contribution in [0.3, 0.4) is 0 Å². The maximum atomic E-state index is 5.25. The first-order valence-corrected chi connectivity index (χ1v) is 17.4. The summed E-state index contributed by atoms with van der Waals surface area (Å²) in [4.78, 5) is 10.4. The van der Waals surface area contributed by atoms with Crippen molar-refractivity contribution in [1.29, 1.82) is 0 Å². The molecular formula is C48H29N3. The molecule has 1 aliphatic rings. The Kier molecular flexibility index (Phi) is 5.96. The zero-order valence-electron chi connectivity index (χ0n) is 27.6. The Labute approximate surface area is 294 Å². The molecule has 0 fully saturated rings. The number of nitrogens with zero attached hydrogens (tertiary/aromatic N) is 3. The second-order valence-corrected chi connectivity index (χ2v) is 13.3. The molecule has 0 radical (unpaired) electrons. The van der Waals surface area contributed by atoms with Crippen molar-refractivity contribution in [2.24, 2.45) is 0 Å². The molecule has 3 nitrogen and oxygen atoms in total. The van der Waals surface area contributed by atoms with Crippen molar-refractivity contribution in [3.8, 4) is 61.7 Å². The third-order valence-electron chi connectivity index (χ3n) is 10.5. The maximum Gasteiger partial charge on any atom is 0.160 e. The highest BCUT2D eigenvalue weighted by Crippen LogP contribution is 2.51. The van der Waals surface area contributed by atoms with Gasteiger partial charge in [-0.15, -0.1) is 0 Å². The highest BCUT2D eigenvalue weighted by molar-refractivity contribution is 6.28. The van der Waals surface area contributed by atoms with Gasteiger partial charge in [0.2, 0.25) is 0 Å². The summed E-state index contributed by atoms with van der Waals surface area (Å²) in [5.74, 6) is 0.720. The van der Waals surface area contributed by atoms with Gasteiger partial charge in [-0.05, 0) is 86.6 Å². The summed E-state index contributed by atoms with van der Waals surface area (Å²) in [6, 6.07) is 63.2. The van der Waals surface area contributed by atoms with Crippen molar-refractivity contribution < 1.29 is 0 Å². The first kappa shape index (κ1) is 28.0. The number of aromatic nitrogens is 3. The minimum atomic E-state index is 0.720. The van der Waals surface area contributed by atoms with Crippen molar-refractivity contribution in [3.63, 3.8) is 0 Å². The molecule has 2 aromatic heterocycles. The van der Waals surface area contributed by atoms with E-state index in [1.165, 1.54) is 60.4 Å². The molecule has 0 unspecified atom stereocenters. The second kappa shape index (κ2) is 10.8. The lowest BCUT2D eigenvalue weighted by Gasteiger charge is -2.14. The van der Waals surface area contributed by atoms with Crippen molar-refractivity contribution >= 4 is 43.5 Å². The minimum Gasteiger partial charge on any atom is -0.309 e. The molecule has 0 atom stereocenters.